The number of carbonyl (C=O) groups is 14. The number of benzene rings is 5. The molecule has 12 amide bonds. The number of hydrogen-bond acceptors (Lipinski definition) is 16. The van der Waals surface area contributed by atoms with E-state index >= 15 is 0 Å². The first-order valence-electron chi connectivity index (χ1n) is 48.2. The number of amides is 12. The van der Waals surface area contributed by atoms with Crippen molar-refractivity contribution < 1.29 is 67.1 Å². The van der Waals surface area contributed by atoms with Crippen LogP contribution in [-0.2, 0) is 88.0 Å². The van der Waals surface area contributed by atoms with Crippen molar-refractivity contribution >= 4 is 116 Å². The lowest BCUT2D eigenvalue weighted by molar-refractivity contribution is -0.142. The third-order valence-corrected chi connectivity index (χ3v) is 26.9. The van der Waals surface area contributed by atoms with Crippen molar-refractivity contribution in [1.29, 1.82) is 0 Å². The van der Waals surface area contributed by atoms with E-state index in [4.69, 9.17) is 22.9 Å². The zero-order chi connectivity index (χ0) is 95.7. The number of nitrogens with one attached hydrogen (secondary N) is 12. The van der Waals surface area contributed by atoms with E-state index in [1.807, 2.05) is 122 Å². The van der Waals surface area contributed by atoms with E-state index < -0.39 is 137 Å². The Morgan fingerprint density at radius 3 is 1.21 bits per heavy atom. The molecule has 5 aromatic carbocycles. The number of H-pyrrole nitrogens is 2. The Bertz CT molecular complexity index is 5280. The van der Waals surface area contributed by atoms with Crippen molar-refractivity contribution in [2.45, 2.75) is 260 Å². The molecule has 6 fully saturated rings. The maximum atomic E-state index is 14.8. The van der Waals surface area contributed by atoms with E-state index in [1.165, 1.54) is 16.7 Å². The van der Waals surface area contributed by atoms with Crippen molar-refractivity contribution in [2.75, 3.05) is 39.3 Å². The summed E-state index contributed by atoms with van der Waals surface area (Å²) in [6, 6.07) is 32.0. The van der Waals surface area contributed by atoms with Crippen LogP contribution in [0.4, 0.5) is 0 Å². The van der Waals surface area contributed by atoms with Gasteiger partial charge in [-0.2, -0.15) is 0 Å². The van der Waals surface area contributed by atoms with Gasteiger partial charge in [0.2, 0.25) is 65.0 Å². The Kier molecular flexibility index (Phi) is 37.8. The Hall–Kier alpha value is -13.3. The Balaban J connectivity index is 0.000000244. The van der Waals surface area contributed by atoms with Crippen LogP contribution in [0.5, 0.6) is 0 Å². The second kappa shape index (κ2) is 50.7. The number of aromatic amines is 2. The van der Waals surface area contributed by atoms with E-state index in [1.54, 1.807) is 30.3 Å². The predicted molar refractivity (Wildman–Crippen MR) is 514 cm³/mol. The van der Waals surface area contributed by atoms with Gasteiger partial charge in [0.05, 0.1) is 12.1 Å². The molecule has 0 spiro atoms. The maximum Gasteiger partial charge on any atom is 0.251 e. The summed E-state index contributed by atoms with van der Waals surface area (Å²) in [6.07, 6.45) is 18.0. The van der Waals surface area contributed by atoms with E-state index in [9.17, 15) is 67.1 Å². The molecule has 0 bridgehead atoms. The number of aromatic nitrogens is 2. The van der Waals surface area contributed by atoms with Crippen LogP contribution in [0.15, 0.2) is 162 Å². The SMILES string of the molecule is CC(=O)N[C@@H](Cc1ccccc1)C(=O)N[C@H]1CCCNC(=O)[C@H](CCCN=C(N)N)CC(=O)[C@H](Cc2c[nH]c3ccccc23)NC(=O)[C@@H](CC2CCCCC2)NC(=O)[C@@H]2CCCN2C1=O.NC(N)=NCCC[C@@H]1CC(=O)[C@H](Cc2c[nH]c3ccccc23)NC(=O)[C@@H](CC2CCCCC2)NC(=O)[C@@H]2CCCN2C(=O)[C@@H](NC(=O)[C@H](Cc2ccccc2)NC(=O)c2ccccc2)CCCNC1=O. The lowest BCUT2D eigenvalue weighted by Gasteiger charge is -2.32. The van der Waals surface area contributed by atoms with Crippen LogP contribution in [-0.4, -0.2) is 214 Å². The molecule has 2 aromatic heterocycles. The van der Waals surface area contributed by atoms with Gasteiger partial charge in [0.25, 0.3) is 5.91 Å². The van der Waals surface area contributed by atoms with Crippen LogP contribution >= 0.6 is 0 Å². The smallest absolute Gasteiger partial charge is 0.251 e. The van der Waals surface area contributed by atoms with Gasteiger partial charge in [0.1, 0.15) is 48.3 Å². The number of ketones is 2. The number of fused-ring (bicyclic) bond motifs is 4. The molecule has 20 N–H and O–H groups in total. The van der Waals surface area contributed by atoms with Crippen molar-refractivity contribution in [1.82, 2.24) is 72.9 Å². The fraction of sp³-hybridized carbons (Fsp3) is 0.505. The monoisotopic (exact) mass is 1850 g/mol. The number of Topliss-reactive ketones (excluding diaryl/α,β-unsaturated/α-hetero) is 2. The van der Waals surface area contributed by atoms with Gasteiger partial charge < -0.3 is 95.9 Å². The lowest BCUT2D eigenvalue weighted by atomic mass is 9.84. The van der Waals surface area contributed by atoms with E-state index in [0.29, 0.717) is 56.9 Å². The molecule has 12 atom stereocenters. The summed E-state index contributed by atoms with van der Waals surface area (Å²) in [5.74, 6) is -7.97. The summed E-state index contributed by atoms with van der Waals surface area (Å²) >= 11 is 0. The minimum atomic E-state index is -1.15. The zero-order valence-corrected chi connectivity index (χ0v) is 77.3. The molecule has 0 radical (unpaired) electrons. The van der Waals surface area contributed by atoms with Gasteiger partial charge in [-0.25, -0.2) is 0 Å². The van der Waals surface area contributed by atoms with Crippen LogP contribution in [0.3, 0.4) is 0 Å². The third kappa shape index (κ3) is 29.8. The first kappa shape index (κ1) is 101. The van der Waals surface area contributed by atoms with Crippen molar-refractivity contribution in [3.63, 3.8) is 0 Å². The summed E-state index contributed by atoms with van der Waals surface area (Å²) in [6.45, 7) is 2.48. The van der Waals surface area contributed by atoms with E-state index in [0.717, 1.165) is 108 Å². The molecule has 34 nitrogen and oxygen atoms in total. The molecule has 2 aliphatic carbocycles. The lowest BCUT2D eigenvalue weighted by Crippen LogP contribution is -2.59. The summed E-state index contributed by atoms with van der Waals surface area (Å²) in [5.41, 5.74) is 27.6. The number of para-hydroxylation sites is 2. The fourth-order valence-electron chi connectivity index (χ4n) is 19.7. The number of carbonyl (C=O) groups excluding carboxylic acids is 14. The average Bonchev–Trinajstić information content (AvgIpc) is 1.66. The molecule has 135 heavy (non-hydrogen) atoms. The molecule has 6 heterocycles. The van der Waals surface area contributed by atoms with E-state index in [2.05, 4.69) is 73.1 Å². The summed E-state index contributed by atoms with van der Waals surface area (Å²) in [5, 5.41) is 31.2. The van der Waals surface area contributed by atoms with Crippen LogP contribution < -0.4 is 76.1 Å². The minimum Gasteiger partial charge on any atom is -0.370 e. The molecule has 2 saturated carbocycles. The number of nitrogens with zero attached hydrogens (tertiary/aromatic N) is 4. The Labute approximate surface area is 787 Å². The van der Waals surface area contributed by atoms with Crippen LogP contribution in [0.2, 0.25) is 0 Å². The number of hydrogen-bond donors (Lipinski definition) is 16. The van der Waals surface area contributed by atoms with Gasteiger partial charge in [-0.3, -0.25) is 77.1 Å². The molecular formula is C101H134N20O14. The van der Waals surface area contributed by atoms with E-state index in [-0.39, 0.29) is 158 Å². The maximum absolute atomic E-state index is 14.8. The normalized spacial score (nSPS) is 23.1. The van der Waals surface area contributed by atoms with Crippen molar-refractivity contribution in [2.24, 2.45) is 56.6 Å². The van der Waals surface area contributed by atoms with Gasteiger partial charge >= 0.3 is 0 Å². The van der Waals surface area contributed by atoms with Gasteiger partial charge in [0, 0.05) is 136 Å². The van der Waals surface area contributed by atoms with Gasteiger partial charge in [-0.05, 0) is 148 Å². The highest BCUT2D eigenvalue weighted by Crippen LogP contribution is 2.33. The Morgan fingerprint density at radius 2 is 0.807 bits per heavy atom. The molecule has 0 unspecified atom stereocenters. The first-order chi connectivity index (χ1) is 65.3. The molecular weight excluding hydrogens is 1720 g/mol. The summed E-state index contributed by atoms with van der Waals surface area (Å²) in [4.78, 5) is 217. The Morgan fingerprint density at radius 1 is 0.422 bits per heavy atom. The van der Waals surface area contributed by atoms with Crippen LogP contribution in [0, 0.1) is 23.7 Å². The third-order valence-electron chi connectivity index (χ3n) is 26.9. The van der Waals surface area contributed by atoms with Crippen molar-refractivity contribution in [3.8, 4) is 0 Å². The topological polar surface area (TPSA) is 526 Å². The molecule has 7 aromatic rings. The average molecular weight is 1850 g/mol. The molecule has 4 saturated heterocycles. The summed E-state index contributed by atoms with van der Waals surface area (Å²) < 4.78 is 0. The van der Waals surface area contributed by atoms with Gasteiger partial charge in [-0.1, -0.05) is 179 Å². The predicted octanol–water partition coefficient (Wildman–Crippen LogP) is 6.12. The second-order valence-electron chi connectivity index (χ2n) is 36.9. The fourth-order valence-corrected chi connectivity index (χ4v) is 19.7. The van der Waals surface area contributed by atoms with Gasteiger partial charge in [0.15, 0.2) is 23.5 Å². The molecule has 34 heteroatoms. The van der Waals surface area contributed by atoms with Crippen LogP contribution in [0.25, 0.3) is 21.8 Å². The molecule has 13 rings (SSSR count). The number of rotatable bonds is 27. The standard InChI is InChI=1S/C53H68N10O7.C48H66N10O7/c54-53(55)57-27-12-21-37-32-46(64)42(31-38-33-58-40-23-11-10-22-39(38)40)60-50(68)44(30-35-17-6-2-7-18-35)62-51(69)45-25-14-28-63(45)52(70)41(24-13-26-56-47(37)65)59-49(67)43(29-34-15-4-1-5-16-34)61-48(66)36-19-8-3-9-20-36;1-30(59)54-39(25-31-13-4-2-5-14-31)44(62)55-37-20-11-22-51-43(61)33(17-10-23-52-48(49)50)28-42(60)38(27-34-29-53-36-19-9-8-18-35(34)36)56-45(63)40(26-32-15-6-3-7-16-32)57-46(64)41-21-12-24-58(41)47(37)65/h1,3-5,8-11,15-16,19-20,22-23,33,35,37,41-45,58H,2,6-7,12-14,17-18,21,24-32H2,(H,56,65)(H,59,67)(H,60,68)(H,61,66)(H,62,69)(H4,54,55,57);2,4-5,8-9,13-14,18-19,29,32-33,37-41,53H,3,6-7,10-12,15-17,20-28H2,1H3,(H,51,61)(H,54,59)(H,55,62)(H,56,63)(H,57,64)(H4,49,50,52)/t37-,41+,42+,43+,44-,45+;33-,37+,38+,39+,40-,41+/m11/s1. The highest BCUT2D eigenvalue weighted by molar-refractivity contribution is 6.02. The minimum absolute atomic E-state index is 0.0773. The quantitative estimate of drug-likeness (QED) is 0.0157. The largest absolute Gasteiger partial charge is 0.370 e. The van der Waals surface area contributed by atoms with Gasteiger partial charge in [-0.15, -0.1) is 0 Å². The highest BCUT2D eigenvalue weighted by atomic mass is 16.2. The highest BCUT2D eigenvalue weighted by Gasteiger charge is 2.44. The van der Waals surface area contributed by atoms with Crippen LogP contribution in [0.1, 0.15) is 206 Å². The first-order valence-corrected chi connectivity index (χ1v) is 48.2. The van der Waals surface area contributed by atoms with Crippen molar-refractivity contribution in [3.05, 3.63) is 180 Å². The number of nitrogens with two attached hydrogens (primary N) is 4. The molecule has 4 aliphatic heterocycles. The number of guanidine groups is 2. The zero-order valence-electron chi connectivity index (χ0n) is 77.3. The molecule has 722 valence electrons. The molecule has 6 aliphatic rings. The second-order valence-corrected chi connectivity index (χ2v) is 36.9. The summed E-state index contributed by atoms with van der Waals surface area (Å²) in [7, 11) is 0. The number of aliphatic imine (C=N–C) groups is 2.